The maximum atomic E-state index is 6.10. The fourth-order valence-corrected chi connectivity index (χ4v) is 3.24. The lowest BCUT2D eigenvalue weighted by Crippen LogP contribution is -2.26. The largest absolute Gasteiger partial charge is 0.495 e. The molecule has 25 heavy (non-hydrogen) atoms. The van der Waals surface area contributed by atoms with Crippen molar-refractivity contribution in [2.45, 2.75) is 112 Å². The third-order valence-electron chi connectivity index (χ3n) is 4.60. The smallest absolute Gasteiger partial charge is 0.0980 e. The molecule has 0 rings (SSSR count). The van der Waals surface area contributed by atoms with Crippen molar-refractivity contribution >= 4 is 0 Å². The summed E-state index contributed by atoms with van der Waals surface area (Å²) in [6.07, 6.45) is 17.1. The molecule has 0 aromatic carbocycles. The van der Waals surface area contributed by atoms with Gasteiger partial charge in [-0.15, -0.1) is 0 Å². The van der Waals surface area contributed by atoms with Gasteiger partial charge in [-0.2, -0.15) is 0 Å². The highest BCUT2D eigenvalue weighted by Crippen LogP contribution is 2.18. The first-order chi connectivity index (χ1) is 12.1. The molecule has 0 radical (unpaired) electrons. The maximum absolute atomic E-state index is 6.10. The first-order valence-electron chi connectivity index (χ1n) is 10.9. The molecule has 0 amide bonds. The van der Waals surface area contributed by atoms with Crippen molar-refractivity contribution in [3.05, 3.63) is 23.6 Å². The van der Waals surface area contributed by atoms with Crippen LogP contribution in [0.25, 0.3) is 0 Å². The summed E-state index contributed by atoms with van der Waals surface area (Å²) >= 11 is 0. The molecule has 2 heteroatoms. The summed E-state index contributed by atoms with van der Waals surface area (Å²) in [6, 6.07) is 0. The first-order valence-corrected chi connectivity index (χ1v) is 10.9. The Morgan fingerprint density at radius 3 is 2.24 bits per heavy atom. The molecular weight excluding hydrogens is 306 g/mol. The van der Waals surface area contributed by atoms with Crippen LogP contribution in [0.1, 0.15) is 106 Å². The van der Waals surface area contributed by atoms with Crippen LogP contribution in [-0.4, -0.2) is 24.1 Å². The number of allylic oxidation sites excluding steroid dienone is 4. The van der Waals surface area contributed by atoms with Gasteiger partial charge in [0.2, 0.25) is 0 Å². The molecule has 1 atom stereocenters. The molecule has 0 aliphatic heterocycles. The van der Waals surface area contributed by atoms with Crippen LogP contribution in [0.3, 0.4) is 0 Å². The Kier molecular flexibility index (Phi) is 15.9. The van der Waals surface area contributed by atoms with Crippen molar-refractivity contribution in [1.29, 1.82) is 0 Å². The average Bonchev–Trinajstić information content (AvgIpc) is 2.59. The van der Waals surface area contributed by atoms with Gasteiger partial charge in [0.05, 0.1) is 11.9 Å². The first kappa shape index (κ1) is 24.1. The zero-order valence-electron chi connectivity index (χ0n) is 18.1. The Labute approximate surface area is 158 Å². The van der Waals surface area contributed by atoms with E-state index in [0.29, 0.717) is 6.10 Å². The molecular formula is C23H45NO. The third kappa shape index (κ3) is 12.1. The highest BCUT2D eigenvalue weighted by Gasteiger charge is 2.11. The molecule has 2 nitrogen and oxygen atoms in total. The second-order valence-corrected chi connectivity index (χ2v) is 7.09. The van der Waals surface area contributed by atoms with Crippen molar-refractivity contribution in [2.24, 2.45) is 0 Å². The van der Waals surface area contributed by atoms with Gasteiger partial charge in [-0.25, -0.2) is 0 Å². The van der Waals surface area contributed by atoms with E-state index >= 15 is 0 Å². The summed E-state index contributed by atoms with van der Waals surface area (Å²) in [4.78, 5) is 2.64. The summed E-state index contributed by atoms with van der Waals surface area (Å²) < 4.78 is 6.10. The van der Waals surface area contributed by atoms with Gasteiger partial charge in [0.25, 0.3) is 0 Å². The molecule has 1 unspecified atom stereocenters. The number of unbranched alkanes of at least 4 members (excludes halogenated alkanes) is 2. The molecule has 0 aliphatic carbocycles. The van der Waals surface area contributed by atoms with E-state index in [1.54, 1.807) is 5.70 Å². The third-order valence-corrected chi connectivity index (χ3v) is 4.60. The quantitative estimate of drug-likeness (QED) is 0.211. The molecule has 0 N–H and O–H groups in total. The van der Waals surface area contributed by atoms with Crippen LogP contribution < -0.4 is 0 Å². The molecule has 0 saturated carbocycles. The highest BCUT2D eigenvalue weighted by atomic mass is 16.5. The second kappa shape index (κ2) is 16.5. The Morgan fingerprint density at radius 2 is 1.68 bits per heavy atom. The van der Waals surface area contributed by atoms with Crippen LogP contribution in [-0.2, 0) is 4.74 Å². The number of nitrogens with zero attached hydrogens (tertiary/aromatic N) is 1. The van der Waals surface area contributed by atoms with Gasteiger partial charge < -0.3 is 9.64 Å². The number of rotatable bonds is 16. The highest BCUT2D eigenvalue weighted by molar-refractivity contribution is 5.01. The average molecular weight is 352 g/mol. The van der Waals surface area contributed by atoms with E-state index in [1.165, 1.54) is 58.0 Å². The molecule has 0 spiro atoms. The fourth-order valence-electron chi connectivity index (χ4n) is 3.24. The zero-order chi connectivity index (χ0) is 18.9. The molecule has 0 fully saturated rings. The molecule has 0 saturated heterocycles. The minimum atomic E-state index is 0.366. The van der Waals surface area contributed by atoms with E-state index in [4.69, 9.17) is 4.74 Å². The predicted octanol–water partition coefficient (Wildman–Crippen LogP) is 7.46. The monoisotopic (exact) mass is 351 g/mol. The van der Waals surface area contributed by atoms with Gasteiger partial charge in [0.15, 0.2) is 0 Å². The van der Waals surface area contributed by atoms with Crippen LogP contribution in [0.4, 0.5) is 0 Å². The standard InChI is InChI=1S/C23H45NO/c1-7-12-13-17-22(16-9-3)24(19-10-4)20-14-18-23(11-5)25-21(6)15-8-2/h15,17,23H,7-14,16,18-20H2,1-6H3/b21-15+,22-17+. The van der Waals surface area contributed by atoms with Gasteiger partial charge in [-0.3, -0.25) is 0 Å². The van der Waals surface area contributed by atoms with Gasteiger partial charge in [-0.1, -0.05) is 60.0 Å². The van der Waals surface area contributed by atoms with Crippen molar-refractivity contribution in [1.82, 2.24) is 4.90 Å². The van der Waals surface area contributed by atoms with Gasteiger partial charge in [0, 0.05) is 18.8 Å². The van der Waals surface area contributed by atoms with Crippen molar-refractivity contribution < 1.29 is 4.74 Å². The van der Waals surface area contributed by atoms with E-state index in [1.807, 2.05) is 0 Å². The van der Waals surface area contributed by atoms with E-state index in [-0.39, 0.29) is 0 Å². The molecule has 0 aromatic rings. The van der Waals surface area contributed by atoms with Crippen molar-refractivity contribution in [3.63, 3.8) is 0 Å². The predicted molar refractivity (Wildman–Crippen MR) is 113 cm³/mol. The van der Waals surface area contributed by atoms with Crippen LogP contribution in [0.5, 0.6) is 0 Å². The molecule has 148 valence electrons. The van der Waals surface area contributed by atoms with Crippen LogP contribution in [0.2, 0.25) is 0 Å². The fraction of sp³-hybridized carbons (Fsp3) is 0.826. The number of hydrogen-bond donors (Lipinski definition) is 0. The summed E-state index contributed by atoms with van der Waals surface area (Å²) in [5, 5.41) is 0. The van der Waals surface area contributed by atoms with Crippen LogP contribution in [0, 0.1) is 0 Å². The SMILES string of the molecule is CC/C=C(\C)OC(CC)CCCN(CCC)/C(=C/CCCC)CCC. The number of hydrogen-bond acceptors (Lipinski definition) is 2. The van der Waals surface area contributed by atoms with Crippen LogP contribution in [0.15, 0.2) is 23.6 Å². The summed E-state index contributed by atoms with van der Waals surface area (Å²) in [6.45, 7) is 15.7. The van der Waals surface area contributed by atoms with E-state index in [9.17, 15) is 0 Å². The lowest BCUT2D eigenvalue weighted by molar-refractivity contribution is 0.100. The summed E-state index contributed by atoms with van der Waals surface area (Å²) in [7, 11) is 0. The topological polar surface area (TPSA) is 12.5 Å². The van der Waals surface area contributed by atoms with E-state index in [2.05, 4.69) is 58.6 Å². The minimum Gasteiger partial charge on any atom is -0.495 e. The Bertz CT molecular complexity index is 359. The Balaban J connectivity index is 4.61. The summed E-state index contributed by atoms with van der Waals surface area (Å²) in [5.74, 6) is 1.09. The van der Waals surface area contributed by atoms with Crippen molar-refractivity contribution in [3.8, 4) is 0 Å². The van der Waals surface area contributed by atoms with Crippen molar-refractivity contribution in [2.75, 3.05) is 13.1 Å². The molecule has 0 bridgehead atoms. The normalized spacial score (nSPS) is 13.8. The van der Waals surface area contributed by atoms with E-state index < -0.39 is 0 Å². The minimum absolute atomic E-state index is 0.366. The molecule has 0 aliphatic rings. The lowest BCUT2D eigenvalue weighted by atomic mass is 10.1. The number of ether oxygens (including phenoxy) is 1. The summed E-state index contributed by atoms with van der Waals surface area (Å²) in [5.41, 5.74) is 1.58. The maximum Gasteiger partial charge on any atom is 0.0980 e. The van der Waals surface area contributed by atoms with Gasteiger partial charge in [0.1, 0.15) is 0 Å². The molecule has 0 heterocycles. The zero-order valence-corrected chi connectivity index (χ0v) is 18.1. The lowest BCUT2D eigenvalue weighted by Gasteiger charge is -2.28. The Hall–Kier alpha value is -0.920. The Morgan fingerprint density at radius 1 is 0.920 bits per heavy atom. The van der Waals surface area contributed by atoms with Gasteiger partial charge in [-0.05, 0) is 57.9 Å². The van der Waals surface area contributed by atoms with Gasteiger partial charge >= 0.3 is 0 Å². The van der Waals surface area contributed by atoms with Crippen LogP contribution >= 0.6 is 0 Å². The second-order valence-electron chi connectivity index (χ2n) is 7.09. The molecule has 0 aromatic heterocycles. The van der Waals surface area contributed by atoms with E-state index in [0.717, 1.165) is 25.0 Å².